The van der Waals surface area contributed by atoms with E-state index in [2.05, 4.69) is 23.6 Å². The van der Waals surface area contributed by atoms with E-state index >= 15 is 0 Å². The number of hydrogen-bond donors (Lipinski definition) is 0. The molecule has 2 aromatic carbocycles. The molecule has 0 aliphatic heterocycles. The minimum Gasteiger partial charge on any atom is -0.497 e. The molecular formula is C21H23N3O. The minimum absolute atomic E-state index is 0.854. The molecule has 2 aromatic heterocycles. The molecule has 0 fully saturated rings. The van der Waals surface area contributed by atoms with Crippen LogP contribution in [0.25, 0.3) is 33.1 Å². The van der Waals surface area contributed by atoms with Crippen molar-refractivity contribution in [2.75, 3.05) is 7.11 Å². The summed E-state index contributed by atoms with van der Waals surface area (Å²) in [6.45, 7) is 3.21. The molecule has 4 heteroatoms. The first-order valence-electron chi connectivity index (χ1n) is 9.04. The number of aryl methyl sites for hydroxylation is 1. The smallest absolute Gasteiger partial charge is 0.160 e. The average molecular weight is 333 g/mol. The lowest BCUT2D eigenvalue weighted by molar-refractivity contribution is 0.415. The molecule has 0 aliphatic rings. The third-order valence-corrected chi connectivity index (χ3v) is 4.79. The Morgan fingerprint density at radius 2 is 1.76 bits per heavy atom. The lowest BCUT2D eigenvalue weighted by Crippen LogP contribution is -2.00. The Kier molecular flexibility index (Phi) is 4.26. The van der Waals surface area contributed by atoms with Gasteiger partial charge >= 0.3 is 0 Å². The van der Waals surface area contributed by atoms with Crippen LogP contribution in [0.3, 0.4) is 0 Å². The van der Waals surface area contributed by atoms with E-state index in [1.165, 1.54) is 24.8 Å². The summed E-state index contributed by atoms with van der Waals surface area (Å²) in [5, 5.41) is 1.11. The second-order valence-electron chi connectivity index (χ2n) is 6.48. The van der Waals surface area contributed by atoms with Crippen molar-refractivity contribution < 1.29 is 4.74 Å². The molecule has 0 atom stereocenters. The Morgan fingerprint density at radius 3 is 2.52 bits per heavy atom. The van der Waals surface area contributed by atoms with E-state index in [1.54, 1.807) is 7.11 Å². The number of rotatable bonds is 6. The second kappa shape index (κ2) is 6.71. The largest absolute Gasteiger partial charge is 0.497 e. The van der Waals surface area contributed by atoms with Gasteiger partial charge in [0, 0.05) is 11.9 Å². The van der Waals surface area contributed by atoms with Gasteiger partial charge in [0.25, 0.3) is 0 Å². The van der Waals surface area contributed by atoms with Crippen LogP contribution in [0.5, 0.6) is 5.75 Å². The summed E-state index contributed by atoms with van der Waals surface area (Å²) in [5.74, 6) is 0.854. The van der Waals surface area contributed by atoms with E-state index < -0.39 is 0 Å². The molecule has 0 saturated carbocycles. The molecule has 128 valence electrons. The Balaban J connectivity index is 1.93. The number of aromatic nitrogens is 3. The fraction of sp³-hybridized carbons (Fsp3) is 0.333. The van der Waals surface area contributed by atoms with Gasteiger partial charge < -0.3 is 9.30 Å². The van der Waals surface area contributed by atoms with Crippen LogP contribution < -0.4 is 4.74 Å². The van der Waals surface area contributed by atoms with E-state index in [9.17, 15) is 0 Å². The highest BCUT2D eigenvalue weighted by Gasteiger charge is 2.15. The van der Waals surface area contributed by atoms with Crippen LogP contribution in [-0.4, -0.2) is 21.6 Å². The Labute approximate surface area is 147 Å². The maximum absolute atomic E-state index is 5.42. The van der Waals surface area contributed by atoms with Gasteiger partial charge in [-0.1, -0.05) is 38.3 Å². The Morgan fingerprint density at radius 1 is 0.960 bits per heavy atom. The predicted molar refractivity (Wildman–Crippen MR) is 103 cm³/mol. The van der Waals surface area contributed by atoms with Crippen LogP contribution in [0.1, 0.15) is 32.6 Å². The van der Waals surface area contributed by atoms with Crippen molar-refractivity contribution in [1.82, 2.24) is 14.5 Å². The standard InChI is InChI=1S/C21H23N3O/c1-3-4-5-8-13-24-19-12-11-15(25-2)14-16(19)20-21(24)23-18-10-7-6-9-17(18)22-20/h6-7,9-12,14H,3-5,8,13H2,1-2H3. The van der Waals surface area contributed by atoms with Gasteiger partial charge in [0.15, 0.2) is 5.65 Å². The quantitative estimate of drug-likeness (QED) is 0.448. The molecule has 0 saturated heterocycles. The normalized spacial score (nSPS) is 11.6. The van der Waals surface area contributed by atoms with Crippen molar-refractivity contribution in [2.45, 2.75) is 39.2 Å². The molecule has 0 bridgehead atoms. The molecule has 4 rings (SSSR count). The first kappa shape index (κ1) is 15.9. The summed E-state index contributed by atoms with van der Waals surface area (Å²) < 4.78 is 7.74. The van der Waals surface area contributed by atoms with E-state index in [4.69, 9.17) is 14.7 Å². The van der Waals surface area contributed by atoms with Gasteiger partial charge in [0.2, 0.25) is 0 Å². The number of methoxy groups -OCH3 is 1. The SMILES string of the molecule is CCCCCCn1c2ccc(OC)cc2c2nc3ccccc3nc21. The van der Waals surface area contributed by atoms with Crippen molar-refractivity contribution in [3.05, 3.63) is 42.5 Å². The number of ether oxygens (including phenoxy) is 1. The highest BCUT2D eigenvalue weighted by molar-refractivity contribution is 6.06. The minimum atomic E-state index is 0.854. The molecule has 25 heavy (non-hydrogen) atoms. The average Bonchev–Trinajstić information content (AvgIpc) is 2.95. The molecule has 0 N–H and O–H groups in total. The third-order valence-electron chi connectivity index (χ3n) is 4.79. The van der Waals surface area contributed by atoms with E-state index in [1.807, 2.05) is 30.3 Å². The first-order valence-corrected chi connectivity index (χ1v) is 9.04. The van der Waals surface area contributed by atoms with Gasteiger partial charge in [-0.05, 0) is 36.8 Å². The zero-order valence-electron chi connectivity index (χ0n) is 14.8. The van der Waals surface area contributed by atoms with Crippen molar-refractivity contribution >= 4 is 33.1 Å². The number of hydrogen-bond acceptors (Lipinski definition) is 3. The molecule has 0 unspecified atom stereocenters. The highest BCUT2D eigenvalue weighted by Crippen LogP contribution is 2.31. The summed E-state index contributed by atoms with van der Waals surface area (Å²) in [7, 11) is 1.70. The van der Waals surface area contributed by atoms with Crippen molar-refractivity contribution in [3.63, 3.8) is 0 Å². The summed E-state index contributed by atoms with van der Waals surface area (Å²) in [4.78, 5) is 9.84. The number of unbranched alkanes of at least 4 members (excludes halogenated alkanes) is 3. The van der Waals surface area contributed by atoms with E-state index in [-0.39, 0.29) is 0 Å². The van der Waals surface area contributed by atoms with Crippen LogP contribution in [0.4, 0.5) is 0 Å². The van der Waals surface area contributed by atoms with E-state index in [0.717, 1.165) is 46.3 Å². The summed E-state index contributed by atoms with van der Waals surface area (Å²) in [6.07, 6.45) is 4.93. The van der Waals surface area contributed by atoms with Gasteiger partial charge in [-0.15, -0.1) is 0 Å². The van der Waals surface area contributed by atoms with Crippen molar-refractivity contribution in [3.8, 4) is 5.75 Å². The summed E-state index contributed by atoms with van der Waals surface area (Å²) >= 11 is 0. The lowest BCUT2D eigenvalue weighted by Gasteiger charge is -2.07. The van der Waals surface area contributed by atoms with Gasteiger partial charge in [-0.25, -0.2) is 9.97 Å². The zero-order chi connectivity index (χ0) is 17.2. The number of nitrogens with zero attached hydrogens (tertiary/aromatic N) is 3. The monoisotopic (exact) mass is 333 g/mol. The molecule has 4 aromatic rings. The fourth-order valence-corrected chi connectivity index (χ4v) is 3.46. The maximum atomic E-state index is 5.42. The maximum Gasteiger partial charge on any atom is 0.160 e. The second-order valence-corrected chi connectivity index (χ2v) is 6.48. The van der Waals surface area contributed by atoms with Crippen LogP contribution in [0.15, 0.2) is 42.5 Å². The highest BCUT2D eigenvalue weighted by atomic mass is 16.5. The van der Waals surface area contributed by atoms with Gasteiger partial charge in [0.05, 0.1) is 23.7 Å². The van der Waals surface area contributed by atoms with Crippen molar-refractivity contribution in [2.24, 2.45) is 0 Å². The summed E-state index contributed by atoms with van der Waals surface area (Å²) in [6, 6.07) is 14.3. The van der Waals surface area contributed by atoms with Gasteiger partial charge in [0.1, 0.15) is 11.3 Å². The third kappa shape index (κ3) is 2.82. The fourth-order valence-electron chi connectivity index (χ4n) is 3.46. The Bertz CT molecular complexity index is 1040. The number of fused-ring (bicyclic) bond motifs is 4. The van der Waals surface area contributed by atoms with Crippen molar-refractivity contribution in [1.29, 1.82) is 0 Å². The topological polar surface area (TPSA) is 39.9 Å². The molecule has 0 spiro atoms. The van der Waals surface area contributed by atoms with Crippen LogP contribution in [-0.2, 0) is 6.54 Å². The van der Waals surface area contributed by atoms with Crippen LogP contribution in [0.2, 0.25) is 0 Å². The molecule has 0 amide bonds. The van der Waals surface area contributed by atoms with E-state index in [0.29, 0.717) is 0 Å². The van der Waals surface area contributed by atoms with Gasteiger partial charge in [-0.3, -0.25) is 0 Å². The predicted octanol–water partition coefficient (Wildman–Crippen LogP) is 5.33. The number of para-hydroxylation sites is 2. The first-order chi connectivity index (χ1) is 12.3. The molecule has 2 heterocycles. The lowest BCUT2D eigenvalue weighted by atomic mass is 10.2. The Hall–Kier alpha value is -2.62. The zero-order valence-corrected chi connectivity index (χ0v) is 14.8. The van der Waals surface area contributed by atoms with Gasteiger partial charge in [-0.2, -0.15) is 0 Å². The van der Waals surface area contributed by atoms with Crippen LogP contribution in [0, 0.1) is 0 Å². The molecule has 4 nitrogen and oxygen atoms in total. The molecule has 0 radical (unpaired) electrons. The summed E-state index contributed by atoms with van der Waals surface area (Å²) in [5.41, 5.74) is 4.99. The molecular weight excluding hydrogens is 310 g/mol. The van der Waals surface area contributed by atoms with Crippen LogP contribution >= 0.6 is 0 Å². The number of benzene rings is 2. The molecule has 0 aliphatic carbocycles.